The number of rotatable bonds is 6. The summed E-state index contributed by atoms with van der Waals surface area (Å²) in [6, 6.07) is 61.8. The zero-order valence-electron chi connectivity index (χ0n) is 24.9. The van der Waals surface area contributed by atoms with Gasteiger partial charge in [0.25, 0.3) is 0 Å². The molecule has 0 saturated carbocycles. The van der Waals surface area contributed by atoms with Gasteiger partial charge in [-0.25, -0.2) is 0 Å². The Morgan fingerprint density at radius 2 is 0.909 bits per heavy atom. The molecule has 2 atom stereocenters. The van der Waals surface area contributed by atoms with Gasteiger partial charge in [-0.1, -0.05) is 170 Å². The van der Waals surface area contributed by atoms with E-state index < -0.39 is 11.0 Å². The lowest BCUT2D eigenvalue weighted by molar-refractivity contribution is 0.0483. The van der Waals surface area contributed by atoms with Crippen LogP contribution in [0.2, 0.25) is 0 Å². The maximum atomic E-state index is 7.22. The Bertz CT molecular complexity index is 1670. The fourth-order valence-electron chi connectivity index (χ4n) is 8.24. The van der Waals surface area contributed by atoms with Gasteiger partial charge in [-0.05, 0) is 51.4 Å². The van der Waals surface area contributed by atoms with Crippen molar-refractivity contribution < 1.29 is 4.74 Å². The molecule has 2 aliphatic rings. The van der Waals surface area contributed by atoms with E-state index in [1.54, 1.807) is 0 Å². The molecular weight excluding hydrogens is 534 g/mol. The summed E-state index contributed by atoms with van der Waals surface area (Å²) < 4.78 is 7.22. The van der Waals surface area contributed by atoms with Gasteiger partial charge in [-0.2, -0.15) is 0 Å². The Balaban J connectivity index is 1.39. The minimum atomic E-state index is -0.534. The van der Waals surface area contributed by atoms with E-state index in [0.717, 1.165) is 0 Å². The van der Waals surface area contributed by atoms with Crippen molar-refractivity contribution in [3.63, 3.8) is 0 Å². The second-order valence-corrected chi connectivity index (χ2v) is 12.0. The van der Waals surface area contributed by atoms with Gasteiger partial charge in [0.1, 0.15) is 12.3 Å². The fourth-order valence-corrected chi connectivity index (χ4v) is 8.24. The highest BCUT2D eigenvalue weighted by Gasteiger charge is 2.58. The summed E-state index contributed by atoms with van der Waals surface area (Å²) in [4.78, 5) is 2.63. The van der Waals surface area contributed by atoms with Crippen LogP contribution < -0.4 is 0 Å². The average molecular weight is 570 g/mol. The molecule has 6 aromatic rings. The fraction of sp³-hybridized carbons (Fsp3) is 0.143. The number of hydrogen-bond donors (Lipinski definition) is 0. The third-order valence-corrected chi connectivity index (χ3v) is 9.98. The zero-order valence-corrected chi connectivity index (χ0v) is 24.9. The van der Waals surface area contributed by atoms with Gasteiger partial charge in [0.05, 0.1) is 11.5 Å². The first-order valence-corrected chi connectivity index (χ1v) is 15.6. The first-order chi connectivity index (χ1) is 21.8. The van der Waals surface area contributed by atoms with Crippen molar-refractivity contribution in [2.24, 2.45) is 0 Å². The zero-order chi connectivity index (χ0) is 29.6. The summed E-state index contributed by atoms with van der Waals surface area (Å²) in [5.41, 5.74) is 9.14. The van der Waals surface area contributed by atoms with Gasteiger partial charge < -0.3 is 4.74 Å². The SMILES string of the molecule is C[C@H]1[C@H](C(c2ccccc2)(c2ccccc2)c2ccccc2)OCN1C1(c2ccccc2)c2ccccc2-c2ccccc21. The summed E-state index contributed by atoms with van der Waals surface area (Å²) in [6.45, 7) is 2.87. The molecule has 6 aromatic carbocycles. The molecule has 8 rings (SSSR count). The molecule has 0 amide bonds. The second kappa shape index (κ2) is 10.7. The first kappa shape index (κ1) is 26.8. The monoisotopic (exact) mass is 569 g/mol. The van der Waals surface area contributed by atoms with Gasteiger partial charge in [0.2, 0.25) is 0 Å². The summed E-state index contributed by atoms with van der Waals surface area (Å²) >= 11 is 0. The van der Waals surface area contributed by atoms with Crippen LogP contribution in [0.15, 0.2) is 170 Å². The lowest BCUT2D eigenvalue weighted by Crippen LogP contribution is -2.54. The van der Waals surface area contributed by atoms with Crippen LogP contribution in [0.25, 0.3) is 11.1 Å². The Morgan fingerprint density at radius 1 is 0.523 bits per heavy atom. The van der Waals surface area contributed by atoms with Crippen molar-refractivity contribution in [1.29, 1.82) is 0 Å². The Kier molecular flexibility index (Phi) is 6.56. The van der Waals surface area contributed by atoms with Crippen LogP contribution in [0.4, 0.5) is 0 Å². The molecule has 214 valence electrons. The van der Waals surface area contributed by atoms with E-state index in [1.807, 2.05) is 0 Å². The lowest BCUT2D eigenvalue weighted by atomic mass is 9.64. The van der Waals surface area contributed by atoms with E-state index in [0.29, 0.717) is 6.73 Å². The average Bonchev–Trinajstić information content (AvgIpc) is 3.63. The Labute approximate surface area is 260 Å². The van der Waals surface area contributed by atoms with Crippen LogP contribution >= 0.6 is 0 Å². The number of fused-ring (bicyclic) bond motifs is 3. The van der Waals surface area contributed by atoms with Gasteiger partial charge in [-0.15, -0.1) is 0 Å². The van der Waals surface area contributed by atoms with Crippen LogP contribution in [-0.2, 0) is 15.7 Å². The summed E-state index contributed by atoms with van der Waals surface area (Å²) in [7, 11) is 0. The van der Waals surface area contributed by atoms with Crippen LogP contribution in [-0.4, -0.2) is 23.8 Å². The number of ether oxygens (including phenoxy) is 1. The van der Waals surface area contributed by atoms with Gasteiger partial charge in [0.15, 0.2) is 0 Å². The van der Waals surface area contributed by atoms with Crippen LogP contribution in [0.5, 0.6) is 0 Å². The van der Waals surface area contributed by atoms with E-state index in [9.17, 15) is 0 Å². The molecule has 0 unspecified atom stereocenters. The topological polar surface area (TPSA) is 12.5 Å². The molecule has 0 bridgehead atoms. The molecule has 1 saturated heterocycles. The molecule has 2 heteroatoms. The summed E-state index contributed by atoms with van der Waals surface area (Å²) in [5.74, 6) is 0. The minimum absolute atomic E-state index is 0.0371. The van der Waals surface area contributed by atoms with E-state index in [2.05, 4.69) is 182 Å². The minimum Gasteiger partial charge on any atom is -0.360 e. The molecule has 44 heavy (non-hydrogen) atoms. The van der Waals surface area contributed by atoms with Crippen molar-refractivity contribution in [2.45, 2.75) is 30.0 Å². The highest BCUT2D eigenvalue weighted by atomic mass is 16.5. The van der Waals surface area contributed by atoms with Gasteiger partial charge in [-0.3, -0.25) is 4.90 Å². The molecule has 0 radical (unpaired) electrons. The predicted octanol–water partition coefficient (Wildman–Crippen LogP) is 9.04. The highest BCUT2D eigenvalue weighted by Crippen LogP contribution is 2.57. The van der Waals surface area contributed by atoms with Gasteiger partial charge >= 0.3 is 0 Å². The standard InChI is InChI=1S/C42H35NO/c1-31-40(41(32-18-6-2-7-19-32,33-20-8-3-9-21-33)34-22-10-4-11-23-34)44-30-43(31)42(35-24-12-5-13-25-35)38-28-16-14-26-36(38)37-27-15-17-29-39(37)42/h2-29,31,40H,30H2,1H3/t31-,40+/m0/s1. The molecule has 2 nitrogen and oxygen atoms in total. The third kappa shape index (κ3) is 3.75. The molecule has 1 heterocycles. The van der Waals surface area contributed by atoms with Crippen molar-refractivity contribution in [2.75, 3.05) is 6.73 Å². The molecule has 0 spiro atoms. The number of hydrogen-bond acceptors (Lipinski definition) is 2. The quantitative estimate of drug-likeness (QED) is 0.186. The smallest absolute Gasteiger partial charge is 0.101 e. The van der Waals surface area contributed by atoms with E-state index in [4.69, 9.17) is 4.74 Å². The largest absolute Gasteiger partial charge is 0.360 e. The lowest BCUT2D eigenvalue weighted by Gasteiger charge is -2.46. The van der Waals surface area contributed by atoms with E-state index >= 15 is 0 Å². The Hall–Kier alpha value is -4.76. The van der Waals surface area contributed by atoms with E-state index in [1.165, 1.54) is 44.5 Å². The maximum absolute atomic E-state index is 7.22. The van der Waals surface area contributed by atoms with Crippen molar-refractivity contribution in [3.8, 4) is 11.1 Å². The first-order valence-electron chi connectivity index (χ1n) is 15.6. The highest BCUT2D eigenvalue weighted by molar-refractivity contribution is 5.83. The van der Waals surface area contributed by atoms with Gasteiger partial charge in [0, 0.05) is 6.04 Å². The normalized spacial score (nSPS) is 18.9. The van der Waals surface area contributed by atoms with Crippen molar-refractivity contribution >= 4 is 0 Å². The summed E-state index contributed by atoms with van der Waals surface area (Å²) in [6.07, 6.45) is -0.171. The summed E-state index contributed by atoms with van der Waals surface area (Å²) in [5, 5.41) is 0. The molecular formula is C42H35NO. The van der Waals surface area contributed by atoms with Crippen LogP contribution in [0.3, 0.4) is 0 Å². The van der Waals surface area contributed by atoms with E-state index in [-0.39, 0.29) is 12.1 Å². The molecule has 1 aliphatic carbocycles. The Morgan fingerprint density at radius 3 is 1.36 bits per heavy atom. The van der Waals surface area contributed by atoms with Crippen LogP contribution in [0, 0.1) is 0 Å². The second-order valence-electron chi connectivity index (χ2n) is 12.0. The van der Waals surface area contributed by atoms with Crippen LogP contribution in [0.1, 0.15) is 40.3 Å². The molecule has 1 aliphatic heterocycles. The van der Waals surface area contributed by atoms with Crippen molar-refractivity contribution in [3.05, 3.63) is 203 Å². The predicted molar refractivity (Wildman–Crippen MR) is 178 cm³/mol. The third-order valence-electron chi connectivity index (χ3n) is 9.98. The maximum Gasteiger partial charge on any atom is 0.101 e. The van der Waals surface area contributed by atoms with Crippen molar-refractivity contribution in [1.82, 2.24) is 4.90 Å². The molecule has 0 aromatic heterocycles. The number of nitrogens with zero attached hydrogens (tertiary/aromatic N) is 1. The molecule has 0 N–H and O–H groups in total. The molecule has 1 fully saturated rings. The number of benzene rings is 6.